The molecule has 1 aliphatic rings. The summed E-state index contributed by atoms with van der Waals surface area (Å²) in [5.74, 6) is -67.4. The molecule has 59 heavy (non-hydrogen) atoms. The fourth-order valence-corrected chi connectivity index (χ4v) is 12.3. The summed E-state index contributed by atoms with van der Waals surface area (Å²) in [6.07, 6.45) is -5.56. The molecule has 1 nitrogen and oxygen atoms in total. The number of benzene rings is 5. The van der Waals surface area contributed by atoms with E-state index in [0.29, 0.717) is 13.0 Å². The largest absolute Gasteiger partial charge is 0.541 e. The van der Waals surface area contributed by atoms with E-state index in [1.807, 2.05) is 0 Å². The normalized spacial score (nSPS) is 16.9. The summed E-state index contributed by atoms with van der Waals surface area (Å²) in [4.78, 5) is 0. The number of hydrogen-bond acceptors (Lipinski definition) is 1. The number of hydrogen-bond donors (Lipinski definition) is 0. The Morgan fingerprint density at radius 2 is 0.712 bits per heavy atom. The highest BCUT2D eigenvalue weighted by Gasteiger charge is 2.71. The predicted molar refractivity (Wildman–Crippen MR) is 170 cm³/mol. The van der Waals surface area contributed by atoms with Crippen LogP contribution in [0, 0.1) is 116 Å². The molecular weight excluding hydrogens is 870 g/mol. The van der Waals surface area contributed by atoms with E-state index in [1.165, 1.54) is 18.2 Å². The van der Waals surface area contributed by atoms with Crippen molar-refractivity contribution in [3.8, 4) is 0 Å². The van der Waals surface area contributed by atoms with Crippen LogP contribution in [0.2, 0.25) is 0 Å². The first-order valence-electron chi connectivity index (χ1n) is 15.8. The Balaban J connectivity index is 2.06. The molecular formula is C36H12BF20OP. The Morgan fingerprint density at radius 1 is 0.424 bits per heavy atom. The molecule has 0 amide bonds. The Labute approximate surface area is 316 Å². The van der Waals surface area contributed by atoms with Crippen molar-refractivity contribution in [1.82, 2.24) is 0 Å². The van der Waals surface area contributed by atoms with Crippen LogP contribution in [0.1, 0.15) is 12.5 Å². The van der Waals surface area contributed by atoms with Gasteiger partial charge in [-0.1, -0.05) is 53.4 Å². The van der Waals surface area contributed by atoms with Crippen molar-refractivity contribution in [3.05, 3.63) is 170 Å². The van der Waals surface area contributed by atoms with Gasteiger partial charge in [0.25, 0.3) is 0 Å². The smallest absolute Gasteiger partial charge is 0.249 e. The molecule has 5 aromatic rings. The minimum absolute atomic E-state index is 0.115. The molecule has 0 aromatic heterocycles. The van der Waals surface area contributed by atoms with Crippen molar-refractivity contribution in [3.63, 3.8) is 0 Å². The Morgan fingerprint density at radius 3 is 1.02 bits per heavy atom. The summed E-state index contributed by atoms with van der Waals surface area (Å²) in [6.45, 7) is 0.323. The van der Waals surface area contributed by atoms with Crippen molar-refractivity contribution in [2.24, 2.45) is 0 Å². The van der Waals surface area contributed by atoms with E-state index in [9.17, 15) is 17.6 Å². The van der Waals surface area contributed by atoms with Crippen molar-refractivity contribution in [1.29, 1.82) is 0 Å². The SMILES string of the molecule is C/C=C1/[B-](c2c(F)c(F)c(F)c(F)c2F)(c2c(F)c(F)c(F)c(F)c2F)O[C@H](/C=C/c2ccccc2)[P+]1(c1c(F)c(F)c(F)c(F)c1F)c1c(F)c(F)c(F)c(F)c1F. The van der Waals surface area contributed by atoms with Gasteiger partial charge in [0.2, 0.25) is 64.5 Å². The van der Waals surface area contributed by atoms with E-state index < -0.39 is 163 Å². The molecule has 0 saturated carbocycles. The number of allylic oxidation sites excluding steroid dienone is 1. The van der Waals surface area contributed by atoms with Gasteiger partial charge in [0.15, 0.2) is 51.4 Å². The van der Waals surface area contributed by atoms with E-state index in [-0.39, 0.29) is 17.7 Å². The Hall–Kier alpha value is -5.37. The van der Waals surface area contributed by atoms with Gasteiger partial charge in [-0.15, -0.1) is 0 Å². The van der Waals surface area contributed by atoms with E-state index in [0.717, 1.165) is 12.1 Å². The van der Waals surface area contributed by atoms with Gasteiger partial charge in [0.1, 0.15) is 30.5 Å². The molecule has 0 aliphatic carbocycles. The summed E-state index contributed by atoms with van der Waals surface area (Å²) in [5.41, 5.74) is -6.00. The fraction of sp³-hybridized carbons (Fsp3) is 0.0556. The van der Waals surface area contributed by atoms with Crippen LogP contribution in [-0.2, 0) is 4.65 Å². The zero-order valence-corrected chi connectivity index (χ0v) is 29.1. The molecule has 1 fully saturated rings. The quantitative estimate of drug-likeness (QED) is 0.0543. The average molecular weight is 882 g/mol. The molecule has 1 atom stereocenters. The topological polar surface area (TPSA) is 9.23 Å². The summed E-state index contributed by atoms with van der Waals surface area (Å²) < 4.78 is 315. The minimum atomic E-state index is -6.88. The van der Waals surface area contributed by atoms with E-state index in [1.54, 1.807) is 0 Å². The standard InChI is InChI=1S/C36H12BF20OP/c1-2-11-37(13-15(38)19(42)23(46)20(43)16(13)39,14-17(40)21(44)24(47)22(45)18(14)41)58-12(9-8-10-6-4-3-5-7-10)59(11,35-31(54)27(50)25(48)28(51)32(35)55)36-33(56)29(52)26(49)30(53)34(36)57/h2-9,12H,1H3/b9-8+,11-2-/t12-/m0/s1. The minimum Gasteiger partial charge on any atom is -0.541 e. The van der Waals surface area contributed by atoms with Crippen LogP contribution in [0.15, 0.2) is 47.7 Å². The lowest BCUT2D eigenvalue weighted by Gasteiger charge is -2.39. The lowest BCUT2D eigenvalue weighted by molar-refractivity contribution is 0.329. The van der Waals surface area contributed by atoms with Crippen LogP contribution in [0.5, 0.6) is 0 Å². The van der Waals surface area contributed by atoms with Gasteiger partial charge >= 0.3 is 0 Å². The van der Waals surface area contributed by atoms with Gasteiger partial charge in [-0.3, -0.25) is 0 Å². The third-order valence-corrected chi connectivity index (χ3v) is 14.2. The van der Waals surface area contributed by atoms with Gasteiger partial charge in [-0.2, -0.15) is 17.6 Å². The second-order valence-corrected chi connectivity index (χ2v) is 15.7. The Kier molecular flexibility index (Phi) is 11.0. The highest BCUT2D eigenvalue weighted by atomic mass is 31.2. The van der Waals surface area contributed by atoms with Crippen LogP contribution in [0.4, 0.5) is 87.8 Å². The van der Waals surface area contributed by atoms with Crippen molar-refractivity contribution in [2.45, 2.75) is 12.8 Å². The molecule has 0 N–H and O–H groups in total. The first kappa shape index (κ1) is 43.2. The summed E-state index contributed by atoms with van der Waals surface area (Å²) in [6, 6.07) is 5.85. The van der Waals surface area contributed by atoms with Crippen LogP contribution >= 0.6 is 7.26 Å². The lowest BCUT2D eigenvalue weighted by atomic mass is 9.31. The van der Waals surface area contributed by atoms with Crippen LogP contribution < -0.4 is 21.5 Å². The third-order valence-electron chi connectivity index (χ3n) is 9.48. The molecule has 6 rings (SSSR count). The zero-order chi connectivity index (χ0) is 44.0. The van der Waals surface area contributed by atoms with Crippen LogP contribution in [-0.4, -0.2) is 12.2 Å². The molecule has 1 aliphatic heterocycles. The lowest BCUT2D eigenvalue weighted by Crippen LogP contribution is -2.66. The van der Waals surface area contributed by atoms with Gasteiger partial charge in [-0.25, -0.2) is 70.2 Å². The monoisotopic (exact) mass is 882 g/mol. The summed E-state index contributed by atoms with van der Waals surface area (Å²) in [5, 5.41) is -7.77. The number of halogens is 20. The molecule has 310 valence electrons. The van der Waals surface area contributed by atoms with Crippen molar-refractivity contribution >= 4 is 41.2 Å². The molecule has 0 radical (unpaired) electrons. The highest BCUT2D eigenvalue weighted by Crippen LogP contribution is 2.76. The van der Waals surface area contributed by atoms with E-state index in [2.05, 4.69) is 0 Å². The second-order valence-electron chi connectivity index (χ2n) is 12.3. The molecule has 5 aromatic carbocycles. The van der Waals surface area contributed by atoms with Gasteiger partial charge in [0, 0.05) is 0 Å². The maximum Gasteiger partial charge on any atom is 0.249 e. The number of rotatable bonds is 6. The van der Waals surface area contributed by atoms with Crippen molar-refractivity contribution in [2.75, 3.05) is 0 Å². The third kappa shape index (κ3) is 5.79. The van der Waals surface area contributed by atoms with Gasteiger partial charge in [-0.05, 0) is 23.8 Å². The first-order chi connectivity index (χ1) is 27.6. The van der Waals surface area contributed by atoms with Crippen LogP contribution in [0.25, 0.3) is 6.08 Å². The van der Waals surface area contributed by atoms with Crippen molar-refractivity contribution < 1.29 is 92.5 Å². The van der Waals surface area contributed by atoms with Crippen LogP contribution in [0.3, 0.4) is 0 Å². The first-order valence-corrected chi connectivity index (χ1v) is 17.6. The van der Waals surface area contributed by atoms with E-state index in [4.69, 9.17) is 4.65 Å². The predicted octanol–water partition coefficient (Wildman–Crippen LogP) is 9.71. The molecule has 0 unspecified atom stereocenters. The average Bonchev–Trinajstić information content (AvgIpc) is 3.49. The zero-order valence-electron chi connectivity index (χ0n) is 28.2. The molecule has 1 saturated heterocycles. The van der Waals surface area contributed by atoms with Gasteiger partial charge < -0.3 is 4.65 Å². The molecule has 0 spiro atoms. The maximum atomic E-state index is 16.4. The van der Waals surface area contributed by atoms with Gasteiger partial charge in [0.05, 0.1) is 0 Å². The Bertz CT molecular complexity index is 2430. The summed E-state index contributed by atoms with van der Waals surface area (Å²) >= 11 is 0. The highest BCUT2D eigenvalue weighted by molar-refractivity contribution is 7.97. The maximum absolute atomic E-state index is 16.4. The fourth-order valence-electron chi connectivity index (χ4n) is 7.14. The molecule has 23 heteroatoms. The summed E-state index contributed by atoms with van der Waals surface area (Å²) in [7, 11) is -6.88. The molecule has 0 bridgehead atoms. The van der Waals surface area contributed by atoms with E-state index >= 15 is 70.2 Å². The molecule has 1 heterocycles. The second kappa shape index (κ2) is 15.0.